The Morgan fingerprint density at radius 1 is 0.579 bits per heavy atom. The number of aliphatic carboxylic acids is 3. The maximum atomic E-state index is 12.4. The van der Waals surface area contributed by atoms with Gasteiger partial charge in [-0.25, -0.2) is 22.3 Å². The lowest BCUT2D eigenvalue weighted by Crippen LogP contribution is -2.55. The lowest BCUT2D eigenvalue weighted by molar-refractivity contribution is -0.153. The van der Waals surface area contributed by atoms with Gasteiger partial charge < -0.3 is 79.9 Å². The van der Waals surface area contributed by atoms with Crippen molar-refractivity contribution in [3.63, 3.8) is 0 Å². The second-order valence-electron chi connectivity index (χ2n) is 18.2. The summed E-state index contributed by atoms with van der Waals surface area (Å²) in [6, 6.07) is -6.02. The minimum Gasteiger partial charge on any atom is -0.480 e. The minimum absolute atomic E-state index is 0.0135. The van der Waals surface area contributed by atoms with Crippen molar-refractivity contribution in [3.05, 3.63) is 0 Å². The van der Waals surface area contributed by atoms with Gasteiger partial charge in [-0.15, -0.1) is 0 Å². The molecule has 9 atom stereocenters. The molecule has 43 heteroatoms. The molecule has 3 aliphatic rings. The van der Waals surface area contributed by atoms with Gasteiger partial charge in [0.15, 0.2) is 0 Å². The molecule has 30 nitrogen and oxygen atoms in total. The van der Waals surface area contributed by atoms with E-state index >= 15 is 0 Å². The first kappa shape index (κ1) is 71.3. The Kier molecular flexibility index (Phi) is 27.8. The van der Waals surface area contributed by atoms with Crippen LogP contribution in [-0.4, -0.2) is 236 Å². The van der Waals surface area contributed by atoms with Gasteiger partial charge in [0.1, 0.15) is 22.7 Å². The number of rotatable bonds is 29. The molecule has 0 aromatic rings. The summed E-state index contributed by atoms with van der Waals surface area (Å²) in [6.45, 7) is -5.76. The standard InChI is InChI=1S/C11H21BF3N3O7S.C11H23BF2N4O6S.C11H22BF2N3O7S/c13-11(14,15)8(16)5-25-26(23,24)18-4-7(2-1-3-12(21)22)10(17,6-18)9(19)20;13-9(14)8(15)4-17-25(23,24)18-5-7(2-1-3-12(21)22)11(16,6-18)10(19)20;13-9(14)8(15)5-24-25(22,23)17-4-7(2-1-3-12(20)21)11(16,6-17)10(18)19/h7-8,21-22H,1-6,16-17H2,(H,19,20);7-9,17,21-22H,1-6,15-16H2,(H,19,20);7-9,20-21H,1-6,15-16H2,(H,18,19)/t7-,8?,10-;2*7-,8?,11-/m000/s1. The Morgan fingerprint density at radius 2 is 0.882 bits per heavy atom. The number of carboxylic acid groups (broad SMARTS) is 3. The quantitative estimate of drug-likeness (QED) is 0.0244. The van der Waals surface area contributed by atoms with Gasteiger partial charge in [0.05, 0.1) is 25.3 Å². The number of hydrogen-bond donors (Lipinski definition) is 16. The molecule has 444 valence electrons. The summed E-state index contributed by atoms with van der Waals surface area (Å²) in [4.78, 5) is 34.4. The van der Waals surface area contributed by atoms with E-state index in [1.54, 1.807) is 0 Å². The van der Waals surface area contributed by atoms with Gasteiger partial charge in [-0.2, -0.15) is 51.3 Å². The van der Waals surface area contributed by atoms with E-state index < -0.39 is 188 Å². The summed E-state index contributed by atoms with van der Waals surface area (Å²) in [5.41, 5.74) is 26.6. The molecule has 0 radical (unpaired) electrons. The van der Waals surface area contributed by atoms with Crippen molar-refractivity contribution in [1.82, 2.24) is 17.6 Å². The molecule has 3 unspecified atom stereocenters. The molecule has 3 heterocycles. The molecule has 0 aliphatic carbocycles. The first-order valence-corrected chi connectivity index (χ1v) is 26.8. The molecule has 0 aromatic heterocycles. The smallest absolute Gasteiger partial charge is 0.451 e. The van der Waals surface area contributed by atoms with Crippen LogP contribution in [0.1, 0.15) is 38.5 Å². The van der Waals surface area contributed by atoms with Crippen molar-refractivity contribution in [1.29, 1.82) is 0 Å². The highest BCUT2D eigenvalue weighted by molar-refractivity contribution is 7.87. The largest absolute Gasteiger partial charge is 0.480 e. The van der Waals surface area contributed by atoms with Gasteiger partial charge in [-0.3, -0.25) is 22.7 Å². The maximum Gasteiger partial charge on any atom is 0.451 e. The number of alkyl halides is 7. The molecule has 76 heavy (non-hydrogen) atoms. The van der Waals surface area contributed by atoms with E-state index in [0.717, 1.165) is 4.31 Å². The molecule has 22 N–H and O–H groups in total. The molecular formula is C33H66B3F7N10O20S3. The van der Waals surface area contributed by atoms with E-state index in [9.17, 15) is 85.7 Å². The van der Waals surface area contributed by atoms with Crippen LogP contribution < -0.4 is 39.1 Å². The zero-order valence-electron chi connectivity index (χ0n) is 40.3. The van der Waals surface area contributed by atoms with E-state index in [4.69, 9.17) is 64.5 Å². The third-order valence-corrected chi connectivity index (χ3v) is 16.5. The summed E-state index contributed by atoms with van der Waals surface area (Å²) in [5.74, 6) is -6.80. The molecule has 0 bridgehead atoms. The Bertz CT molecular complexity index is 2120. The van der Waals surface area contributed by atoms with Crippen LogP contribution in [0.25, 0.3) is 0 Å². The van der Waals surface area contributed by atoms with Crippen LogP contribution in [0.3, 0.4) is 0 Å². The summed E-state index contributed by atoms with van der Waals surface area (Å²) < 4.78 is 172. The fraction of sp³-hybridized carbons (Fsp3) is 0.909. The van der Waals surface area contributed by atoms with Crippen LogP contribution in [0, 0.1) is 17.8 Å². The topological polar surface area (TPSA) is 532 Å². The Morgan fingerprint density at radius 3 is 1.17 bits per heavy atom. The number of halogens is 7. The van der Waals surface area contributed by atoms with Crippen molar-refractivity contribution in [3.8, 4) is 0 Å². The summed E-state index contributed by atoms with van der Waals surface area (Å²) in [6.07, 6.45) is -9.92. The predicted octanol–water partition coefficient (Wildman–Crippen LogP) is -6.71. The van der Waals surface area contributed by atoms with Crippen molar-refractivity contribution in [2.45, 2.75) is 111 Å². The van der Waals surface area contributed by atoms with Crippen molar-refractivity contribution >= 4 is 70.1 Å². The molecule has 0 spiro atoms. The molecule has 3 saturated heterocycles. The maximum absolute atomic E-state index is 12.4. The average Bonchev–Trinajstić information content (AvgIpc) is 3.96. The lowest BCUT2D eigenvalue weighted by atomic mass is 9.78. The van der Waals surface area contributed by atoms with Gasteiger partial charge >= 0.3 is 66.0 Å². The van der Waals surface area contributed by atoms with Crippen LogP contribution in [0.15, 0.2) is 0 Å². The van der Waals surface area contributed by atoms with E-state index in [1.807, 2.05) is 4.72 Å². The van der Waals surface area contributed by atoms with Crippen molar-refractivity contribution in [2.75, 3.05) is 59.0 Å². The van der Waals surface area contributed by atoms with Gasteiger partial charge in [0, 0.05) is 63.6 Å². The van der Waals surface area contributed by atoms with E-state index in [2.05, 4.69) is 8.37 Å². The summed E-state index contributed by atoms with van der Waals surface area (Å²) in [7, 11) is -18.2. The Balaban J connectivity index is 0.000000570. The van der Waals surface area contributed by atoms with Crippen LogP contribution in [-0.2, 0) is 53.6 Å². The molecule has 3 aliphatic heterocycles. The number of nitrogens with one attached hydrogen (secondary N) is 1. The molecule has 0 aromatic carbocycles. The number of nitrogens with two attached hydrogens (primary N) is 6. The molecule has 3 rings (SSSR count). The van der Waals surface area contributed by atoms with Gasteiger partial charge in [0.25, 0.3) is 23.1 Å². The minimum atomic E-state index is -4.85. The Hall–Kier alpha value is -2.76. The fourth-order valence-corrected chi connectivity index (χ4v) is 11.4. The lowest BCUT2D eigenvalue weighted by Gasteiger charge is -2.25. The first-order chi connectivity index (χ1) is 34.5. The monoisotopic (exact) mass is 1180 g/mol. The molecule has 3 fully saturated rings. The zero-order chi connectivity index (χ0) is 59.2. The van der Waals surface area contributed by atoms with Gasteiger partial charge in [0.2, 0.25) is 0 Å². The molecule has 0 saturated carbocycles. The number of carbonyl (C=O) groups is 3. The second kappa shape index (κ2) is 29.6. The first-order valence-electron chi connectivity index (χ1n) is 22.6. The average molecular weight is 1180 g/mol. The van der Waals surface area contributed by atoms with Crippen molar-refractivity contribution < 1.29 is 124 Å². The summed E-state index contributed by atoms with van der Waals surface area (Å²) in [5, 5.41) is 80.9. The van der Waals surface area contributed by atoms with Gasteiger partial charge in [-0.05, 0) is 38.2 Å². The highest BCUT2D eigenvalue weighted by atomic mass is 32.2. The van der Waals surface area contributed by atoms with E-state index in [0.29, 0.717) is 8.61 Å². The third kappa shape index (κ3) is 21.4. The van der Waals surface area contributed by atoms with E-state index in [1.165, 1.54) is 0 Å². The van der Waals surface area contributed by atoms with Gasteiger partial charge in [-0.1, -0.05) is 19.3 Å². The number of hydrogen-bond acceptors (Lipinski definition) is 23. The fourth-order valence-electron chi connectivity index (χ4n) is 7.64. The SMILES string of the molecule is NC(CNS(=O)(=O)N1C[C@H](CCCB(O)O)[C@](N)(C(=O)O)C1)C(F)F.NC(COS(=O)(=O)N1C[C@H](CCCB(O)O)[C@](N)(C(=O)O)C1)C(F)(F)F.NC(COS(=O)(=O)N1C[C@H](CCCB(O)O)[C@](N)(C(=O)O)C1)C(F)F. The van der Waals surface area contributed by atoms with Crippen LogP contribution in [0.5, 0.6) is 0 Å². The summed E-state index contributed by atoms with van der Waals surface area (Å²) >= 11 is 0. The van der Waals surface area contributed by atoms with Crippen LogP contribution >= 0.6 is 0 Å². The van der Waals surface area contributed by atoms with Crippen LogP contribution in [0.2, 0.25) is 19.0 Å². The highest BCUT2D eigenvalue weighted by Gasteiger charge is 2.55. The number of nitrogens with zero attached hydrogens (tertiary/aromatic N) is 3. The van der Waals surface area contributed by atoms with Crippen molar-refractivity contribution in [2.24, 2.45) is 52.2 Å². The molecule has 0 amide bonds. The number of carboxylic acids is 3. The third-order valence-electron chi connectivity index (χ3n) is 12.4. The Labute approximate surface area is 433 Å². The molecular weight excluding hydrogens is 1120 g/mol. The highest BCUT2D eigenvalue weighted by Crippen LogP contribution is 2.35. The zero-order valence-corrected chi connectivity index (χ0v) is 42.7. The van der Waals surface area contributed by atoms with E-state index in [-0.39, 0.29) is 70.6 Å². The normalized spacial score (nSPS) is 26.1. The predicted molar refractivity (Wildman–Crippen MR) is 250 cm³/mol. The van der Waals surface area contributed by atoms with Crippen LogP contribution in [0.4, 0.5) is 30.7 Å². The second-order valence-corrected chi connectivity index (χ2v) is 23.2.